The zero-order chi connectivity index (χ0) is 103. The Morgan fingerprint density at radius 3 is 0.350 bits per heavy atom. The molecule has 0 spiro atoms. The molecule has 0 amide bonds. The smallest absolute Gasteiger partial charge is 0.317 e. The predicted molar refractivity (Wildman–Crippen MR) is 572 cm³/mol. The van der Waals surface area contributed by atoms with Gasteiger partial charge in [-0.25, -0.2) is 0 Å². The first-order valence-electron chi connectivity index (χ1n) is 54.1. The maximum Gasteiger partial charge on any atom is 0.317 e. The van der Waals surface area contributed by atoms with Crippen LogP contribution in [0.1, 0.15) is 84.0 Å². The van der Waals surface area contributed by atoms with Gasteiger partial charge >= 0.3 is 137 Å². The average molecular weight is 2320 g/mol. The normalized spacial score (nSPS) is 38.7. The van der Waals surface area contributed by atoms with Crippen LogP contribution in [0.5, 0.6) is 0 Å². The number of rotatable bonds is 68. The van der Waals surface area contributed by atoms with E-state index in [1.807, 2.05) is 0 Å². The molecule has 15 aliphatic rings. The van der Waals surface area contributed by atoms with E-state index >= 15 is 0 Å². The van der Waals surface area contributed by atoms with Crippen molar-refractivity contribution in [2.45, 2.75) is 355 Å². The molecular formula is C89H188O38Si16. The van der Waals surface area contributed by atoms with Gasteiger partial charge in [-0.15, -0.1) is 0 Å². The van der Waals surface area contributed by atoms with Gasteiger partial charge in [-0.2, -0.15) is 0 Å². The SMILES string of the molecule is CCC[Si]1(C)O[Si](C)(C)O[Si](C)(CCCOCC2CO2)O[Si](C)(CCCOCC2CO2)O1.C[Si]1(C)O[Si](C)(C)O[Si](C)(CCCOCC2CO2)O[Si](C)(CCCOCC2CO2)O1.C[Si]1(C)O[Si](C)(CCCOCC2CO2)O[Si](C)(CCCOCC2CO2)O[Si](C)(CCCOCC2CO2)O1.C[Si]1(CCCOCC2CO2)O[Si](C)(CCCOCC2CO2)O[Si](C)(CCCOCC2CO2)O[Si](C)(CCCOCC2CO2)O1. The summed E-state index contributed by atoms with van der Waals surface area (Å²) >= 11 is 0. The second kappa shape index (κ2) is 57.6. The summed E-state index contributed by atoms with van der Waals surface area (Å²) in [5.74, 6) is 0. The van der Waals surface area contributed by atoms with Gasteiger partial charge < -0.3 is 170 Å². The van der Waals surface area contributed by atoms with Crippen LogP contribution in [-0.2, 0) is 170 Å². The van der Waals surface area contributed by atoms with E-state index in [0.29, 0.717) is 170 Å². The molecule has 15 aliphatic heterocycles. The fraction of sp³-hybridized carbons (Fsp3) is 1.00. The van der Waals surface area contributed by atoms with Crippen LogP contribution in [0.4, 0.5) is 0 Å². The lowest BCUT2D eigenvalue weighted by Gasteiger charge is -2.50. The second-order valence-corrected chi connectivity index (χ2v) is 103. The summed E-state index contributed by atoms with van der Waals surface area (Å²) in [6.07, 6.45) is 14.0. The molecule has 18 atom stereocenters. The molecule has 18 unspecified atom stereocenters. The summed E-state index contributed by atoms with van der Waals surface area (Å²) < 4.78 is 233. The van der Waals surface area contributed by atoms with Crippen molar-refractivity contribution in [1.29, 1.82) is 0 Å². The lowest BCUT2D eigenvalue weighted by Crippen LogP contribution is -2.67. The van der Waals surface area contributed by atoms with Gasteiger partial charge in [0.1, 0.15) is 67.1 Å². The van der Waals surface area contributed by atoms with Crippen LogP contribution >= 0.6 is 0 Å². The first-order valence-corrected chi connectivity index (χ1v) is 95.6. The zero-order valence-electron chi connectivity index (χ0n) is 91.2. The van der Waals surface area contributed by atoms with Crippen LogP contribution in [0.2, 0.25) is 203 Å². The Labute approximate surface area is 873 Å². The molecule has 54 heteroatoms. The Balaban J connectivity index is 0.000000172. The molecule has 0 bridgehead atoms. The highest BCUT2D eigenvalue weighted by atomic mass is 28.6. The van der Waals surface area contributed by atoms with Crippen molar-refractivity contribution in [1.82, 2.24) is 0 Å². The summed E-state index contributed by atoms with van der Waals surface area (Å²) in [7, 11) is -40.3. The Hall–Kier alpha value is 1.95. The summed E-state index contributed by atoms with van der Waals surface area (Å²) in [4.78, 5) is 0. The van der Waals surface area contributed by atoms with Crippen LogP contribution in [-0.4, -0.2) is 422 Å². The van der Waals surface area contributed by atoms with E-state index in [9.17, 15) is 0 Å². The molecule has 38 nitrogen and oxygen atoms in total. The van der Waals surface area contributed by atoms with Gasteiger partial charge in [-0.1, -0.05) is 13.3 Å². The summed E-state index contributed by atoms with van der Waals surface area (Å²) in [6, 6.07) is 10.4. The van der Waals surface area contributed by atoms with E-state index in [2.05, 4.69) is 138 Å². The molecule has 836 valence electrons. The van der Waals surface area contributed by atoms with E-state index in [-0.39, 0.29) is 42.7 Å². The predicted octanol–water partition coefficient (Wildman–Crippen LogP) is 14.2. The molecule has 0 N–H and O–H groups in total. The molecule has 15 saturated heterocycles. The van der Waals surface area contributed by atoms with Crippen molar-refractivity contribution >= 4 is 137 Å². The third-order valence-electron chi connectivity index (χ3n) is 25.7. The van der Waals surface area contributed by atoms with Crippen molar-refractivity contribution < 1.29 is 170 Å². The third-order valence-corrected chi connectivity index (χ3v) is 98.2. The Morgan fingerprint density at radius 1 is 0.147 bits per heavy atom. The van der Waals surface area contributed by atoms with Crippen LogP contribution < -0.4 is 0 Å². The fourth-order valence-corrected chi connectivity index (χ4v) is 110. The van der Waals surface area contributed by atoms with Gasteiger partial charge in [0.05, 0.1) is 145 Å². The van der Waals surface area contributed by atoms with Crippen molar-refractivity contribution in [3.8, 4) is 0 Å². The quantitative estimate of drug-likeness (QED) is 0.0310. The number of ether oxygens (including phenoxy) is 22. The first-order chi connectivity index (χ1) is 67.7. The summed E-state index contributed by atoms with van der Waals surface area (Å²) in [5, 5.41) is 0. The zero-order valence-corrected chi connectivity index (χ0v) is 107. The molecule has 0 saturated carbocycles. The van der Waals surface area contributed by atoms with E-state index in [1.165, 1.54) is 0 Å². The van der Waals surface area contributed by atoms with Gasteiger partial charge in [0.2, 0.25) is 0 Å². The Morgan fingerprint density at radius 2 is 0.245 bits per heavy atom. The number of hydrogen-bond acceptors (Lipinski definition) is 38. The molecule has 15 fully saturated rings. The van der Waals surface area contributed by atoms with Crippen LogP contribution in [0, 0.1) is 0 Å². The summed E-state index contributed by atoms with van der Waals surface area (Å²) in [6.45, 7) is 69.4. The van der Waals surface area contributed by atoms with Crippen molar-refractivity contribution in [2.24, 2.45) is 0 Å². The second-order valence-electron chi connectivity index (χ2n) is 45.1. The first kappa shape index (κ1) is 124. The van der Waals surface area contributed by atoms with Crippen LogP contribution in [0.25, 0.3) is 0 Å². The van der Waals surface area contributed by atoms with Crippen molar-refractivity contribution in [3.05, 3.63) is 0 Å². The molecule has 0 radical (unpaired) electrons. The fourth-order valence-electron chi connectivity index (χ4n) is 19.5. The molecule has 143 heavy (non-hydrogen) atoms. The maximum absolute atomic E-state index is 7.24. The van der Waals surface area contributed by atoms with Crippen LogP contribution in [0.3, 0.4) is 0 Å². The van der Waals surface area contributed by atoms with Crippen molar-refractivity contribution in [3.63, 3.8) is 0 Å². The standard InChI is InChI=1S/C28H56O12Si4.C23H48O10Si4.C20H44O8Si4.C18H40O8Si4/c1-41(13-5-9-29-17-25-21-33-25)37-42(2,14-6-10-30-18-26-22-34-26)39-44(4,16-8-12-32-20-28-24-36-28)40-43(3,38-41)15-7-11-31-19-27-23-35-27;1-34(2)30-35(3,12-6-9-24-15-21-18-27-21)32-37(5,14-8-11-26-17-23-20-29-23)33-36(4,31-34)13-7-10-25-16-22-19-28-22;1-7-12-30(4)25-29(2,3)26-31(5,13-8-10-21-15-19-17-23-19)28-32(6,27-30)14-9-11-22-16-20-18-24-20;1-27(2)23-28(3,4)25-30(6,12-8-10-20-14-18-16-22-18)26-29(5,24-27)11-7-9-19-13-17-15-21-17/h25-28H,5-24H2,1-4H3;21-23H,6-20H2,1-5H3;19-20H,7-18H2,1-6H3;17-18H,7-16H2,1-6H3. The minimum Gasteiger partial charge on any atom is -0.416 e. The van der Waals surface area contributed by atoms with E-state index in [4.69, 9.17) is 170 Å². The van der Waals surface area contributed by atoms with Gasteiger partial charge in [-0.05, 0) is 274 Å². The maximum atomic E-state index is 7.24. The highest BCUT2D eigenvalue weighted by Gasteiger charge is 2.61. The van der Waals surface area contributed by atoms with E-state index in [0.717, 1.165) is 222 Å². The number of epoxide rings is 11. The monoisotopic (exact) mass is 2310 g/mol. The Bertz CT molecular complexity index is 3380. The van der Waals surface area contributed by atoms with Gasteiger partial charge in [-0.3, -0.25) is 0 Å². The lowest BCUT2D eigenvalue weighted by atomic mass is 10.5. The Kier molecular flexibility index (Phi) is 49.8. The third kappa shape index (κ3) is 53.0. The summed E-state index contributed by atoms with van der Waals surface area (Å²) in [5.41, 5.74) is 0. The van der Waals surface area contributed by atoms with Crippen molar-refractivity contribution in [2.75, 3.05) is 218 Å². The highest BCUT2D eigenvalue weighted by molar-refractivity contribution is 6.97. The molecular weight excluding hydrogens is 2130 g/mol. The topological polar surface area (TPSA) is 387 Å². The molecule has 0 aromatic rings. The van der Waals surface area contributed by atoms with E-state index in [1.54, 1.807) is 0 Å². The minimum atomic E-state index is -2.69. The van der Waals surface area contributed by atoms with Gasteiger partial charge in [0.25, 0.3) is 0 Å². The van der Waals surface area contributed by atoms with Gasteiger partial charge in [0, 0.05) is 72.7 Å². The largest absolute Gasteiger partial charge is 0.416 e. The lowest BCUT2D eigenvalue weighted by molar-refractivity contribution is 0.111. The molecule has 15 rings (SSSR count). The number of hydrogen-bond donors (Lipinski definition) is 0. The minimum absolute atomic E-state index is 0.266. The molecule has 0 aromatic carbocycles. The van der Waals surface area contributed by atoms with E-state index < -0.39 is 137 Å². The molecule has 0 aromatic heterocycles. The average Bonchev–Trinajstić information content (AvgIpc) is 1.49. The highest BCUT2D eigenvalue weighted by Crippen LogP contribution is 2.44. The van der Waals surface area contributed by atoms with Crippen LogP contribution in [0.15, 0.2) is 0 Å². The van der Waals surface area contributed by atoms with Gasteiger partial charge in [0.15, 0.2) is 0 Å². The molecule has 0 aliphatic carbocycles. The molecule has 15 heterocycles.